The Balaban J connectivity index is 1.50. The van der Waals surface area contributed by atoms with E-state index in [1.165, 1.54) is 0 Å². The maximum Gasteiger partial charge on any atom is 0.143 e. The van der Waals surface area contributed by atoms with Crippen LogP contribution in [0, 0.1) is 0 Å². The quantitative estimate of drug-likeness (QED) is 0.219. The molecule has 182 valence electrons. The molecule has 0 radical (unpaired) electrons. The fourth-order valence-electron chi connectivity index (χ4n) is 5.67. The molecule has 0 saturated heterocycles. The van der Waals surface area contributed by atoms with E-state index in [9.17, 15) is 0 Å². The van der Waals surface area contributed by atoms with Crippen molar-refractivity contribution in [2.24, 2.45) is 0 Å². The molecule has 8 rings (SSSR count). The van der Waals surface area contributed by atoms with Gasteiger partial charge in [0, 0.05) is 21.9 Å². The standard InChI is InChI=1S/C38H24O/c1-2-11-25(12-3-1)26-21-23-27(24-22-26)36-29-14-4-6-16-31(29)37(32-17-7-5-15-30(32)36)34-19-10-18-33-28-13-8-9-20-35(28)39-38(33)34/h1-24H/i8D,9D,10D,13D,18D,19D,20D. The summed E-state index contributed by atoms with van der Waals surface area (Å²) in [6, 6.07) is 32.0. The molecule has 0 atom stereocenters. The molecule has 0 bridgehead atoms. The number of benzene rings is 7. The lowest BCUT2D eigenvalue weighted by Gasteiger charge is -2.18. The van der Waals surface area contributed by atoms with Crippen molar-refractivity contribution in [3.05, 3.63) is 145 Å². The van der Waals surface area contributed by atoms with Gasteiger partial charge in [-0.1, -0.05) is 139 Å². The molecular weight excluding hydrogens is 472 g/mol. The molecule has 0 aliphatic carbocycles. The Kier molecular flexibility index (Phi) is 3.57. The van der Waals surface area contributed by atoms with E-state index in [2.05, 4.69) is 36.4 Å². The highest BCUT2D eigenvalue weighted by Crippen LogP contribution is 2.46. The normalized spacial score (nSPS) is 14.1. The lowest BCUT2D eigenvalue weighted by molar-refractivity contribution is 0.670. The maximum absolute atomic E-state index is 9.16. The Morgan fingerprint density at radius 2 is 0.949 bits per heavy atom. The predicted octanol–water partition coefficient (Wildman–Crippen LogP) is 10.9. The third-order valence-corrected chi connectivity index (χ3v) is 7.40. The van der Waals surface area contributed by atoms with E-state index in [0.717, 1.165) is 43.8 Å². The smallest absolute Gasteiger partial charge is 0.143 e. The molecule has 1 heterocycles. The van der Waals surface area contributed by atoms with Gasteiger partial charge in [-0.15, -0.1) is 0 Å². The van der Waals surface area contributed by atoms with Gasteiger partial charge in [0.25, 0.3) is 0 Å². The van der Waals surface area contributed by atoms with Gasteiger partial charge in [0.15, 0.2) is 0 Å². The van der Waals surface area contributed by atoms with Gasteiger partial charge in [0.2, 0.25) is 0 Å². The third kappa shape index (κ3) is 3.41. The van der Waals surface area contributed by atoms with Gasteiger partial charge in [0.05, 0.1) is 9.60 Å². The van der Waals surface area contributed by atoms with Crippen LogP contribution >= 0.6 is 0 Å². The minimum absolute atomic E-state index is 0.0458. The number of para-hydroxylation sites is 2. The summed E-state index contributed by atoms with van der Waals surface area (Å²) in [7, 11) is 0. The van der Waals surface area contributed by atoms with Gasteiger partial charge in [-0.05, 0) is 49.8 Å². The van der Waals surface area contributed by atoms with Gasteiger partial charge in [-0.25, -0.2) is 0 Å². The molecule has 0 N–H and O–H groups in total. The molecule has 39 heavy (non-hydrogen) atoms. The van der Waals surface area contributed by atoms with E-state index in [0.29, 0.717) is 5.56 Å². The van der Waals surface area contributed by atoms with Crippen molar-refractivity contribution >= 4 is 43.5 Å². The number of rotatable bonds is 3. The number of hydrogen-bond acceptors (Lipinski definition) is 1. The Bertz CT molecular complexity index is 2480. The minimum atomic E-state index is -0.444. The maximum atomic E-state index is 9.16. The highest BCUT2D eigenvalue weighted by atomic mass is 16.3. The van der Waals surface area contributed by atoms with Crippen LogP contribution in [0.25, 0.3) is 76.9 Å². The zero-order chi connectivity index (χ0) is 31.9. The summed E-state index contributed by atoms with van der Waals surface area (Å²) in [6.45, 7) is 0. The predicted molar refractivity (Wildman–Crippen MR) is 165 cm³/mol. The summed E-state index contributed by atoms with van der Waals surface area (Å²) in [4.78, 5) is 0. The molecule has 0 saturated carbocycles. The molecule has 8 aromatic rings. The molecule has 1 nitrogen and oxygen atoms in total. The molecule has 0 amide bonds. The van der Waals surface area contributed by atoms with Crippen LogP contribution in [-0.4, -0.2) is 0 Å². The molecule has 0 aliphatic rings. The SMILES string of the molecule is [2H]c1c([2H])c([2H])c2c(oc3c(-c4c5ccccc5c(-c5ccc(-c6ccccc6)cc5)c5ccccc45)c([2H])c([2H])c([2H])c32)c1[2H]. The van der Waals surface area contributed by atoms with Crippen LogP contribution in [0.3, 0.4) is 0 Å². The molecule has 1 aromatic heterocycles. The van der Waals surface area contributed by atoms with E-state index in [4.69, 9.17) is 14.0 Å². The molecule has 0 fully saturated rings. The lowest BCUT2D eigenvalue weighted by Crippen LogP contribution is -1.91. The molecule has 7 aromatic carbocycles. The minimum Gasteiger partial charge on any atom is -0.455 e. The first-order valence-corrected chi connectivity index (χ1v) is 12.8. The highest BCUT2D eigenvalue weighted by Gasteiger charge is 2.19. The second kappa shape index (κ2) is 8.72. The summed E-state index contributed by atoms with van der Waals surface area (Å²) in [5.74, 6) is 0. The summed E-state index contributed by atoms with van der Waals surface area (Å²) in [5, 5.41) is 3.64. The first-order chi connectivity index (χ1) is 22.3. The first-order valence-electron chi connectivity index (χ1n) is 16.3. The van der Waals surface area contributed by atoms with Crippen molar-refractivity contribution in [3.63, 3.8) is 0 Å². The summed E-state index contributed by atoms with van der Waals surface area (Å²) >= 11 is 0. The average molecular weight is 504 g/mol. The summed E-state index contributed by atoms with van der Waals surface area (Å²) in [5.41, 5.74) is 5.20. The van der Waals surface area contributed by atoms with Crippen molar-refractivity contribution in [2.45, 2.75) is 0 Å². The van der Waals surface area contributed by atoms with Gasteiger partial charge < -0.3 is 4.42 Å². The van der Waals surface area contributed by atoms with Crippen LogP contribution in [0.5, 0.6) is 0 Å². The van der Waals surface area contributed by atoms with Crippen molar-refractivity contribution in [2.75, 3.05) is 0 Å². The topological polar surface area (TPSA) is 13.1 Å². The van der Waals surface area contributed by atoms with Crippen LogP contribution in [0.15, 0.2) is 150 Å². The zero-order valence-electron chi connectivity index (χ0n) is 27.7. The van der Waals surface area contributed by atoms with E-state index in [1.54, 1.807) is 0 Å². The van der Waals surface area contributed by atoms with E-state index >= 15 is 0 Å². The van der Waals surface area contributed by atoms with Crippen LogP contribution in [0.2, 0.25) is 0 Å². The average Bonchev–Trinajstić information content (AvgIpc) is 3.50. The molecule has 0 aliphatic heterocycles. The monoisotopic (exact) mass is 503 g/mol. The van der Waals surface area contributed by atoms with Crippen LogP contribution in [-0.2, 0) is 0 Å². The van der Waals surface area contributed by atoms with Crippen LogP contribution in [0.4, 0.5) is 0 Å². The largest absolute Gasteiger partial charge is 0.455 e. The Morgan fingerprint density at radius 3 is 1.64 bits per heavy atom. The van der Waals surface area contributed by atoms with Gasteiger partial charge in [-0.2, -0.15) is 0 Å². The second-order valence-electron chi connectivity index (χ2n) is 9.54. The van der Waals surface area contributed by atoms with E-state index < -0.39 is 12.1 Å². The van der Waals surface area contributed by atoms with Crippen molar-refractivity contribution < 1.29 is 14.0 Å². The first kappa shape index (κ1) is 16.0. The highest BCUT2D eigenvalue weighted by molar-refractivity contribution is 6.24. The summed E-state index contributed by atoms with van der Waals surface area (Å²) in [6.07, 6.45) is 0. The summed E-state index contributed by atoms with van der Waals surface area (Å²) < 4.78 is 66.7. The van der Waals surface area contributed by atoms with E-state index in [-0.39, 0.29) is 57.7 Å². The van der Waals surface area contributed by atoms with E-state index in [1.807, 2.05) is 66.7 Å². The van der Waals surface area contributed by atoms with Crippen LogP contribution < -0.4 is 0 Å². The number of hydrogen-bond donors (Lipinski definition) is 0. The van der Waals surface area contributed by atoms with Gasteiger partial charge >= 0.3 is 0 Å². The zero-order valence-corrected chi connectivity index (χ0v) is 20.7. The van der Waals surface area contributed by atoms with Crippen molar-refractivity contribution in [3.8, 4) is 33.4 Å². The third-order valence-electron chi connectivity index (χ3n) is 7.40. The lowest BCUT2D eigenvalue weighted by atomic mass is 9.85. The number of furan rings is 1. The van der Waals surface area contributed by atoms with Gasteiger partial charge in [-0.3, -0.25) is 0 Å². The molecule has 1 heteroatoms. The molecular formula is C38H24O. The number of fused-ring (bicyclic) bond motifs is 5. The molecule has 0 spiro atoms. The van der Waals surface area contributed by atoms with Crippen molar-refractivity contribution in [1.29, 1.82) is 0 Å². The van der Waals surface area contributed by atoms with Crippen LogP contribution in [0.1, 0.15) is 9.60 Å². The Hall–Kier alpha value is -5.14. The Morgan fingerprint density at radius 1 is 0.410 bits per heavy atom. The second-order valence-corrected chi connectivity index (χ2v) is 9.54. The fourth-order valence-corrected chi connectivity index (χ4v) is 5.67. The van der Waals surface area contributed by atoms with Crippen molar-refractivity contribution in [1.82, 2.24) is 0 Å². The fraction of sp³-hybridized carbons (Fsp3) is 0. The molecule has 0 unspecified atom stereocenters. The Labute approximate surface area is 236 Å². The van der Waals surface area contributed by atoms with Gasteiger partial charge in [0.1, 0.15) is 11.2 Å².